The van der Waals surface area contributed by atoms with Gasteiger partial charge in [-0.1, -0.05) is 12.1 Å². The number of esters is 1. The number of rotatable bonds is 5. The number of ether oxygens (including phenoxy) is 1. The monoisotopic (exact) mass is 442 g/mol. The highest BCUT2D eigenvalue weighted by Gasteiger charge is 2.33. The number of sulfonamides is 1. The van der Waals surface area contributed by atoms with Crippen LogP contribution < -0.4 is 5.56 Å². The number of benzene rings is 1. The zero-order chi connectivity index (χ0) is 22.0. The summed E-state index contributed by atoms with van der Waals surface area (Å²) in [6.45, 7) is 2.08. The van der Waals surface area contributed by atoms with Crippen LogP contribution in [0.5, 0.6) is 0 Å². The number of carbonyl (C=O) groups is 1. The number of nitrogens with one attached hydrogen (secondary N) is 1. The van der Waals surface area contributed by atoms with Gasteiger partial charge in [0.25, 0.3) is 5.56 Å². The molecule has 0 spiro atoms. The van der Waals surface area contributed by atoms with Crippen molar-refractivity contribution in [3.05, 3.63) is 65.0 Å². The average molecular weight is 442 g/mol. The molecule has 162 valence electrons. The van der Waals surface area contributed by atoms with Crippen LogP contribution in [0, 0.1) is 5.92 Å². The third kappa shape index (κ3) is 4.35. The van der Waals surface area contributed by atoms with Crippen molar-refractivity contribution < 1.29 is 17.9 Å². The van der Waals surface area contributed by atoms with Gasteiger partial charge in [0.15, 0.2) is 11.9 Å². The minimum absolute atomic E-state index is 0.135. The summed E-state index contributed by atoms with van der Waals surface area (Å²) in [6, 6.07) is 10.0. The van der Waals surface area contributed by atoms with Gasteiger partial charge in [-0.15, -0.1) is 0 Å². The molecular formula is C21H22N4O5S. The number of pyridine rings is 1. The van der Waals surface area contributed by atoms with E-state index in [9.17, 15) is 18.0 Å². The molecule has 1 unspecified atom stereocenters. The fourth-order valence-electron chi connectivity index (χ4n) is 3.60. The molecule has 31 heavy (non-hydrogen) atoms. The third-order valence-electron chi connectivity index (χ3n) is 5.37. The molecule has 1 N–H and O–H groups in total. The van der Waals surface area contributed by atoms with E-state index in [1.165, 1.54) is 22.8 Å². The van der Waals surface area contributed by atoms with Gasteiger partial charge in [-0.05, 0) is 44.0 Å². The molecular weight excluding hydrogens is 420 g/mol. The van der Waals surface area contributed by atoms with Crippen LogP contribution in [0.4, 0.5) is 0 Å². The molecule has 1 saturated heterocycles. The van der Waals surface area contributed by atoms with Crippen LogP contribution in [0.25, 0.3) is 10.9 Å². The number of H-pyrrole nitrogens is 1. The maximum Gasteiger partial charge on any atom is 0.309 e. The Morgan fingerprint density at radius 3 is 2.65 bits per heavy atom. The Hall–Kier alpha value is -3.11. The number of aromatic amines is 1. The van der Waals surface area contributed by atoms with Gasteiger partial charge in [-0.3, -0.25) is 14.6 Å². The van der Waals surface area contributed by atoms with E-state index in [0.717, 1.165) is 0 Å². The van der Waals surface area contributed by atoms with Crippen LogP contribution in [-0.2, 0) is 19.6 Å². The summed E-state index contributed by atoms with van der Waals surface area (Å²) < 4.78 is 32.3. The summed E-state index contributed by atoms with van der Waals surface area (Å²) in [5, 5.41) is 0.465. The average Bonchev–Trinajstić information content (AvgIpc) is 2.79. The van der Waals surface area contributed by atoms with E-state index in [1.54, 1.807) is 37.3 Å². The number of carbonyl (C=O) groups excluding carboxylic acids is 1. The number of hydrogen-bond acceptors (Lipinski definition) is 7. The largest absolute Gasteiger partial charge is 0.454 e. The maximum atomic E-state index is 12.7. The van der Waals surface area contributed by atoms with Crippen molar-refractivity contribution in [3.8, 4) is 0 Å². The molecule has 1 atom stereocenters. The first-order valence-electron chi connectivity index (χ1n) is 9.96. The normalized spacial score (nSPS) is 16.8. The van der Waals surface area contributed by atoms with Gasteiger partial charge in [-0.2, -0.15) is 4.31 Å². The first-order valence-corrected chi connectivity index (χ1v) is 11.4. The summed E-state index contributed by atoms with van der Waals surface area (Å²) >= 11 is 0. The Bertz CT molecular complexity index is 1250. The van der Waals surface area contributed by atoms with Gasteiger partial charge in [0.05, 0.1) is 16.8 Å². The van der Waals surface area contributed by atoms with Crippen molar-refractivity contribution in [1.29, 1.82) is 0 Å². The van der Waals surface area contributed by atoms with E-state index >= 15 is 0 Å². The predicted octanol–water partition coefficient (Wildman–Crippen LogP) is 2.02. The molecule has 1 aromatic carbocycles. The standard InChI is InChI=1S/C21H22N4O5S/c1-14(19-23-18-7-3-2-6-17(18)20(26)24-19)30-21(27)15-8-11-25(12-9-15)31(28,29)16-5-4-10-22-13-16/h2-7,10,13-15H,8-9,11-12H2,1H3,(H,23,24,26). The molecule has 0 aliphatic carbocycles. The highest BCUT2D eigenvalue weighted by Crippen LogP contribution is 2.26. The minimum Gasteiger partial charge on any atom is -0.454 e. The van der Waals surface area contributed by atoms with E-state index < -0.39 is 28.0 Å². The van der Waals surface area contributed by atoms with Crippen LogP contribution >= 0.6 is 0 Å². The molecule has 0 amide bonds. The van der Waals surface area contributed by atoms with Crippen LogP contribution in [0.15, 0.2) is 58.5 Å². The summed E-state index contributed by atoms with van der Waals surface area (Å²) in [4.78, 5) is 35.9. The van der Waals surface area contributed by atoms with Crippen LogP contribution in [0.3, 0.4) is 0 Å². The van der Waals surface area contributed by atoms with Crippen molar-refractivity contribution in [3.63, 3.8) is 0 Å². The Labute approximate surface area is 179 Å². The topological polar surface area (TPSA) is 122 Å². The van der Waals surface area contributed by atoms with Gasteiger partial charge in [0.1, 0.15) is 4.90 Å². The highest BCUT2D eigenvalue weighted by atomic mass is 32.2. The van der Waals surface area contributed by atoms with Gasteiger partial charge in [0.2, 0.25) is 10.0 Å². The molecule has 3 heterocycles. The van der Waals surface area contributed by atoms with Crippen molar-refractivity contribution >= 4 is 26.9 Å². The van der Waals surface area contributed by atoms with Gasteiger partial charge < -0.3 is 9.72 Å². The smallest absolute Gasteiger partial charge is 0.309 e. The zero-order valence-corrected chi connectivity index (χ0v) is 17.7. The number of aromatic nitrogens is 3. The Kier molecular flexibility index (Phi) is 5.84. The SMILES string of the molecule is CC(OC(=O)C1CCN(S(=O)(=O)c2cccnc2)CC1)c1nc2ccccc2c(=O)[nH]1. The molecule has 1 aliphatic heterocycles. The summed E-state index contributed by atoms with van der Waals surface area (Å²) in [5.41, 5.74) is 0.232. The summed E-state index contributed by atoms with van der Waals surface area (Å²) in [7, 11) is -3.63. The zero-order valence-electron chi connectivity index (χ0n) is 16.9. The lowest BCUT2D eigenvalue weighted by atomic mass is 9.98. The second kappa shape index (κ2) is 8.56. The van der Waals surface area contributed by atoms with E-state index in [-0.39, 0.29) is 29.4 Å². The highest BCUT2D eigenvalue weighted by molar-refractivity contribution is 7.89. The fourth-order valence-corrected chi connectivity index (χ4v) is 5.04. The number of piperidine rings is 1. The van der Waals surface area contributed by atoms with Gasteiger partial charge in [0, 0.05) is 25.5 Å². The van der Waals surface area contributed by atoms with Crippen molar-refractivity contribution in [2.24, 2.45) is 5.92 Å². The first kappa shape index (κ1) is 21.1. The number of para-hydroxylation sites is 1. The number of nitrogens with zero attached hydrogens (tertiary/aromatic N) is 3. The second-order valence-corrected chi connectivity index (χ2v) is 9.35. The summed E-state index contributed by atoms with van der Waals surface area (Å²) in [5.74, 6) is -0.578. The number of fused-ring (bicyclic) bond motifs is 1. The molecule has 10 heteroatoms. The molecule has 9 nitrogen and oxygen atoms in total. The van der Waals surface area contributed by atoms with Crippen molar-refractivity contribution in [2.75, 3.05) is 13.1 Å². The quantitative estimate of drug-likeness (QED) is 0.600. The second-order valence-electron chi connectivity index (χ2n) is 7.41. The molecule has 2 aromatic heterocycles. The molecule has 1 aliphatic rings. The van der Waals surface area contributed by atoms with E-state index in [0.29, 0.717) is 23.7 Å². The molecule has 0 bridgehead atoms. The van der Waals surface area contributed by atoms with Crippen LogP contribution in [-0.4, -0.2) is 46.7 Å². The Morgan fingerprint density at radius 2 is 1.94 bits per heavy atom. The minimum atomic E-state index is -3.63. The molecule has 1 fully saturated rings. The first-order chi connectivity index (χ1) is 14.9. The fraction of sp³-hybridized carbons (Fsp3) is 0.333. The molecule has 0 saturated carbocycles. The molecule has 0 radical (unpaired) electrons. The molecule has 3 aromatic rings. The van der Waals surface area contributed by atoms with E-state index in [4.69, 9.17) is 4.74 Å². The van der Waals surface area contributed by atoms with E-state index in [2.05, 4.69) is 15.0 Å². The summed E-state index contributed by atoms with van der Waals surface area (Å²) in [6.07, 6.45) is 2.80. The van der Waals surface area contributed by atoms with Crippen LogP contribution in [0.2, 0.25) is 0 Å². The molecule has 4 rings (SSSR count). The third-order valence-corrected chi connectivity index (χ3v) is 7.25. The lowest BCUT2D eigenvalue weighted by Gasteiger charge is -2.30. The predicted molar refractivity (Wildman–Crippen MR) is 113 cm³/mol. The van der Waals surface area contributed by atoms with Gasteiger partial charge in [-0.25, -0.2) is 13.4 Å². The Balaban J connectivity index is 1.40. The lowest BCUT2D eigenvalue weighted by molar-refractivity contribution is -0.155. The Morgan fingerprint density at radius 1 is 1.19 bits per heavy atom. The van der Waals surface area contributed by atoms with Gasteiger partial charge >= 0.3 is 5.97 Å². The van der Waals surface area contributed by atoms with E-state index in [1.807, 2.05) is 0 Å². The van der Waals surface area contributed by atoms with Crippen molar-refractivity contribution in [1.82, 2.24) is 19.3 Å². The van der Waals surface area contributed by atoms with Crippen molar-refractivity contribution in [2.45, 2.75) is 30.8 Å². The lowest BCUT2D eigenvalue weighted by Crippen LogP contribution is -2.40. The number of hydrogen-bond donors (Lipinski definition) is 1. The van der Waals surface area contributed by atoms with Crippen LogP contribution in [0.1, 0.15) is 31.7 Å². The maximum absolute atomic E-state index is 12.7.